The molecule has 5 aliphatic rings. The number of barbiturate groups is 1. The molecule has 0 spiro atoms. The number of carbonyl (C=O) groups excluding carboxylic acids is 3. The highest BCUT2D eigenvalue weighted by Gasteiger charge is 2.51. The van der Waals surface area contributed by atoms with E-state index in [1.807, 2.05) is 19.1 Å². The maximum Gasteiger partial charge on any atom is 0.335 e. The molecule has 7 rings (SSSR count). The van der Waals surface area contributed by atoms with Gasteiger partial charge in [0, 0.05) is 0 Å². The fraction of sp³-hybridized carbons (Fsp3) is 0.406. The van der Waals surface area contributed by atoms with Crippen LogP contribution < -0.4 is 19.7 Å². The summed E-state index contributed by atoms with van der Waals surface area (Å²) in [4.78, 5) is 40.2. The van der Waals surface area contributed by atoms with Crippen LogP contribution in [0.15, 0.2) is 46.4 Å². The molecule has 1 N–H and O–H groups in total. The monoisotopic (exact) mass is 602 g/mol. The third kappa shape index (κ3) is 4.71. The van der Waals surface area contributed by atoms with E-state index in [1.165, 1.54) is 50.2 Å². The van der Waals surface area contributed by atoms with Crippen LogP contribution in [-0.4, -0.2) is 31.1 Å². The largest absolute Gasteiger partial charge is 0.490 e. The van der Waals surface area contributed by atoms with Crippen LogP contribution in [-0.2, 0) is 15.0 Å². The van der Waals surface area contributed by atoms with Gasteiger partial charge in [-0.25, -0.2) is 9.69 Å². The van der Waals surface area contributed by atoms with E-state index in [0.717, 1.165) is 22.7 Å². The first-order valence-electron chi connectivity index (χ1n) is 13.8. The molecule has 5 fully saturated rings. The number of hydrogen-bond acceptors (Lipinski definition) is 5. The Morgan fingerprint density at radius 3 is 2.30 bits per heavy atom. The summed E-state index contributed by atoms with van der Waals surface area (Å²) < 4.78 is 11.9. The van der Waals surface area contributed by atoms with Crippen LogP contribution in [0.4, 0.5) is 10.5 Å². The summed E-state index contributed by atoms with van der Waals surface area (Å²) in [5.41, 5.74) is 2.31. The van der Waals surface area contributed by atoms with Gasteiger partial charge < -0.3 is 9.47 Å². The number of anilines is 1. The predicted molar refractivity (Wildman–Crippen MR) is 155 cm³/mol. The highest BCUT2D eigenvalue weighted by molar-refractivity contribution is 9.10. The molecule has 4 saturated carbocycles. The molecule has 4 amide bonds. The summed E-state index contributed by atoms with van der Waals surface area (Å²) in [7, 11) is 0. The van der Waals surface area contributed by atoms with Gasteiger partial charge in [-0.2, -0.15) is 0 Å². The minimum Gasteiger partial charge on any atom is -0.490 e. The molecule has 0 aromatic heterocycles. The molecule has 0 radical (unpaired) electrons. The van der Waals surface area contributed by atoms with Crippen LogP contribution in [0.5, 0.6) is 11.5 Å². The van der Waals surface area contributed by atoms with Crippen LogP contribution in [0, 0.1) is 30.1 Å². The van der Waals surface area contributed by atoms with Crippen LogP contribution in [0.3, 0.4) is 0 Å². The molecule has 1 saturated heterocycles. The van der Waals surface area contributed by atoms with Crippen LogP contribution in [0.2, 0.25) is 0 Å². The van der Waals surface area contributed by atoms with Gasteiger partial charge in [-0.15, -0.1) is 6.42 Å². The Hall–Kier alpha value is -3.57. The lowest BCUT2D eigenvalue weighted by atomic mass is 9.48. The van der Waals surface area contributed by atoms with Crippen molar-refractivity contribution in [3.63, 3.8) is 0 Å². The summed E-state index contributed by atoms with van der Waals surface area (Å²) in [6, 6.07) is 10.4. The standard InChI is InChI=1S/C32H31BrN2O5/c1-3-9-40-28-26(33)14-19(15-27(28)39-4-2)13-25-29(36)34-31(38)35(30(25)37)24-7-5-23(6-8-24)32-16-20-10-21(17-32)12-22(11-20)18-32/h1,5-8,13-15,20-22H,4,9-12,16-18H2,2H3,(H,34,36,38)/b25-13+. The highest BCUT2D eigenvalue weighted by Crippen LogP contribution is 2.60. The zero-order valence-electron chi connectivity index (χ0n) is 22.4. The third-order valence-electron chi connectivity index (χ3n) is 8.82. The molecule has 40 heavy (non-hydrogen) atoms. The van der Waals surface area contributed by atoms with Crippen molar-refractivity contribution in [3.05, 3.63) is 57.6 Å². The zero-order chi connectivity index (χ0) is 28.0. The highest BCUT2D eigenvalue weighted by atomic mass is 79.9. The average Bonchev–Trinajstić information content (AvgIpc) is 2.90. The lowest BCUT2D eigenvalue weighted by Gasteiger charge is -2.57. The number of terminal acetylenes is 1. The van der Waals surface area contributed by atoms with Gasteiger partial charge in [0.2, 0.25) is 0 Å². The minimum atomic E-state index is -0.760. The SMILES string of the molecule is C#CCOc1c(Br)cc(/C=C2\C(=O)NC(=O)N(c3ccc(C45CC6CC(CC(C6)C4)C5)cc3)C2=O)cc1OCC. The second-order valence-electron chi connectivity index (χ2n) is 11.5. The van der Waals surface area contributed by atoms with Gasteiger partial charge in [-0.1, -0.05) is 18.1 Å². The molecule has 0 atom stereocenters. The van der Waals surface area contributed by atoms with E-state index in [1.54, 1.807) is 12.1 Å². The van der Waals surface area contributed by atoms with Crippen molar-refractivity contribution in [1.82, 2.24) is 5.32 Å². The van der Waals surface area contributed by atoms with Gasteiger partial charge in [0.05, 0.1) is 16.8 Å². The topological polar surface area (TPSA) is 84.9 Å². The lowest BCUT2D eigenvalue weighted by molar-refractivity contribution is -0.122. The molecule has 2 aromatic carbocycles. The fourth-order valence-electron chi connectivity index (χ4n) is 7.67. The predicted octanol–water partition coefficient (Wildman–Crippen LogP) is 5.99. The lowest BCUT2D eigenvalue weighted by Crippen LogP contribution is -2.54. The van der Waals surface area contributed by atoms with Crippen LogP contribution in [0.1, 0.15) is 56.6 Å². The van der Waals surface area contributed by atoms with Gasteiger partial charge in [0.15, 0.2) is 11.5 Å². The summed E-state index contributed by atoms with van der Waals surface area (Å²) in [6.07, 6.45) is 14.6. The molecule has 7 nitrogen and oxygen atoms in total. The van der Waals surface area contributed by atoms with E-state index in [2.05, 4.69) is 39.3 Å². The first-order valence-corrected chi connectivity index (χ1v) is 14.6. The fourth-order valence-corrected chi connectivity index (χ4v) is 8.25. The smallest absolute Gasteiger partial charge is 0.335 e. The van der Waals surface area contributed by atoms with E-state index >= 15 is 0 Å². The molecule has 4 aliphatic carbocycles. The van der Waals surface area contributed by atoms with E-state index in [-0.39, 0.29) is 17.6 Å². The molecule has 4 bridgehead atoms. The molecule has 1 aliphatic heterocycles. The van der Waals surface area contributed by atoms with Crippen molar-refractivity contribution in [2.24, 2.45) is 17.8 Å². The molecular weight excluding hydrogens is 572 g/mol. The van der Waals surface area contributed by atoms with E-state index in [0.29, 0.717) is 33.8 Å². The van der Waals surface area contributed by atoms with Crippen molar-refractivity contribution in [1.29, 1.82) is 0 Å². The Morgan fingerprint density at radius 2 is 1.70 bits per heavy atom. The van der Waals surface area contributed by atoms with Gasteiger partial charge >= 0.3 is 6.03 Å². The minimum absolute atomic E-state index is 0.0543. The Labute approximate surface area is 242 Å². The van der Waals surface area contributed by atoms with Crippen molar-refractivity contribution in [2.45, 2.75) is 50.9 Å². The van der Waals surface area contributed by atoms with E-state index in [4.69, 9.17) is 15.9 Å². The maximum absolute atomic E-state index is 13.5. The van der Waals surface area contributed by atoms with Crippen LogP contribution >= 0.6 is 15.9 Å². The maximum atomic E-state index is 13.5. The molecular formula is C32H31BrN2O5. The number of urea groups is 1. The number of rotatable bonds is 7. The number of benzene rings is 2. The van der Waals surface area contributed by atoms with Crippen molar-refractivity contribution >= 4 is 45.5 Å². The molecule has 1 heterocycles. The second-order valence-corrected chi connectivity index (χ2v) is 12.3. The Morgan fingerprint density at radius 1 is 1.05 bits per heavy atom. The third-order valence-corrected chi connectivity index (χ3v) is 9.41. The number of carbonyl (C=O) groups is 3. The zero-order valence-corrected chi connectivity index (χ0v) is 24.0. The van der Waals surface area contributed by atoms with Gasteiger partial charge in [-0.3, -0.25) is 14.9 Å². The molecule has 206 valence electrons. The quantitative estimate of drug-likeness (QED) is 0.239. The molecule has 2 aromatic rings. The first-order chi connectivity index (χ1) is 19.3. The Bertz CT molecular complexity index is 1420. The summed E-state index contributed by atoms with van der Waals surface area (Å²) in [5, 5.41) is 2.31. The second kappa shape index (κ2) is 10.4. The van der Waals surface area contributed by atoms with Crippen molar-refractivity contribution in [2.75, 3.05) is 18.1 Å². The molecule has 8 heteroatoms. The number of amides is 4. The summed E-state index contributed by atoms with van der Waals surface area (Å²) in [6.45, 7) is 2.26. The molecule has 0 unspecified atom stereocenters. The van der Waals surface area contributed by atoms with E-state index < -0.39 is 17.8 Å². The Balaban J connectivity index is 1.28. The van der Waals surface area contributed by atoms with Gasteiger partial charge in [-0.05, 0) is 126 Å². The normalized spacial score (nSPS) is 28.0. The number of nitrogens with one attached hydrogen (secondary N) is 1. The van der Waals surface area contributed by atoms with Crippen LogP contribution in [0.25, 0.3) is 6.08 Å². The number of halogens is 1. The van der Waals surface area contributed by atoms with Gasteiger partial charge in [0.1, 0.15) is 12.2 Å². The Kier molecular flexibility index (Phi) is 6.95. The van der Waals surface area contributed by atoms with E-state index in [9.17, 15) is 14.4 Å². The van der Waals surface area contributed by atoms with Crippen molar-refractivity contribution < 1.29 is 23.9 Å². The van der Waals surface area contributed by atoms with Gasteiger partial charge in [0.25, 0.3) is 11.8 Å². The number of ether oxygens (including phenoxy) is 2. The summed E-state index contributed by atoms with van der Waals surface area (Å²) >= 11 is 3.46. The number of nitrogens with zero attached hydrogens (tertiary/aromatic N) is 1. The number of imide groups is 2. The van der Waals surface area contributed by atoms with Crippen molar-refractivity contribution in [3.8, 4) is 23.8 Å². The summed E-state index contributed by atoms with van der Waals surface area (Å²) in [5.74, 6) is 4.29. The first kappa shape index (κ1) is 26.6. The average molecular weight is 604 g/mol. The number of hydrogen-bond donors (Lipinski definition) is 1.